The van der Waals surface area contributed by atoms with E-state index in [1.807, 2.05) is 35.2 Å². The van der Waals surface area contributed by atoms with Crippen molar-refractivity contribution in [2.24, 2.45) is 0 Å². The molecule has 0 atom stereocenters. The minimum absolute atomic E-state index is 0.103. The largest absolute Gasteiger partial charge is 0.495 e. The molecular weight excluding hydrogens is 445 g/mol. The summed E-state index contributed by atoms with van der Waals surface area (Å²) in [6.45, 7) is 2.39. The third-order valence-corrected chi connectivity index (χ3v) is 5.28. The van der Waals surface area contributed by atoms with Gasteiger partial charge >= 0.3 is 6.18 Å². The Morgan fingerprint density at radius 2 is 1.88 bits per heavy atom. The molecule has 0 bridgehead atoms. The SMILES string of the molecule is COc1ccccc1N1CCN(/C=C(/C#N)C(=O)Nc2ccc(Cl)c(C(F)(F)F)c2)CC1. The summed E-state index contributed by atoms with van der Waals surface area (Å²) in [4.78, 5) is 16.4. The molecule has 32 heavy (non-hydrogen) atoms. The molecule has 2 aromatic rings. The van der Waals surface area contributed by atoms with Gasteiger partial charge in [0.05, 0.1) is 23.4 Å². The van der Waals surface area contributed by atoms with E-state index < -0.39 is 22.7 Å². The lowest BCUT2D eigenvalue weighted by atomic mass is 10.1. The number of hydrogen-bond acceptors (Lipinski definition) is 5. The standard InChI is InChI=1S/C22H20ClF3N4O2/c1-32-20-5-3-2-4-19(20)30-10-8-29(9-11-30)14-15(13-27)21(31)28-16-6-7-18(23)17(12-16)22(24,25)26/h2-7,12,14H,8-11H2,1H3,(H,28,31)/b15-14-. The fraction of sp³-hybridized carbons (Fsp3) is 0.273. The van der Waals surface area contributed by atoms with Gasteiger partial charge in [0.15, 0.2) is 0 Å². The molecule has 10 heteroatoms. The Labute approximate surface area is 188 Å². The first-order chi connectivity index (χ1) is 15.2. The zero-order valence-corrected chi connectivity index (χ0v) is 17.9. The number of para-hydroxylation sites is 2. The predicted octanol–water partition coefficient (Wildman–Crippen LogP) is 4.54. The number of nitriles is 1. The average molecular weight is 465 g/mol. The number of benzene rings is 2. The molecule has 1 heterocycles. The van der Waals surface area contributed by atoms with Crippen LogP contribution in [0.5, 0.6) is 5.75 Å². The summed E-state index contributed by atoms with van der Waals surface area (Å²) in [5.74, 6) is -0.0371. The van der Waals surface area contributed by atoms with E-state index >= 15 is 0 Å². The first kappa shape index (κ1) is 23.3. The second kappa shape index (κ2) is 9.83. The molecule has 0 aliphatic carbocycles. The minimum atomic E-state index is -4.66. The van der Waals surface area contributed by atoms with Crippen molar-refractivity contribution >= 4 is 28.9 Å². The van der Waals surface area contributed by atoms with Crippen LogP contribution in [0.3, 0.4) is 0 Å². The summed E-state index contributed by atoms with van der Waals surface area (Å²) < 4.78 is 44.5. The molecule has 0 unspecified atom stereocenters. The molecule has 0 saturated carbocycles. The number of amides is 1. The number of anilines is 2. The van der Waals surface area contributed by atoms with Gasteiger partial charge in [-0.3, -0.25) is 4.79 Å². The Balaban J connectivity index is 1.67. The number of carbonyl (C=O) groups is 1. The molecule has 0 spiro atoms. The van der Waals surface area contributed by atoms with Crippen LogP contribution < -0.4 is 15.0 Å². The molecule has 168 valence electrons. The maximum atomic E-state index is 13.0. The van der Waals surface area contributed by atoms with Gasteiger partial charge in [0.2, 0.25) is 0 Å². The molecule has 0 aromatic heterocycles. The van der Waals surface area contributed by atoms with Gasteiger partial charge in [0.1, 0.15) is 17.4 Å². The van der Waals surface area contributed by atoms with Gasteiger partial charge in [-0.25, -0.2) is 0 Å². The number of carbonyl (C=O) groups excluding carboxylic acids is 1. The van der Waals surface area contributed by atoms with Crippen molar-refractivity contribution in [3.8, 4) is 11.8 Å². The van der Waals surface area contributed by atoms with Crippen molar-refractivity contribution in [1.29, 1.82) is 5.26 Å². The lowest BCUT2D eigenvalue weighted by molar-refractivity contribution is -0.137. The Hall–Kier alpha value is -3.38. The first-order valence-corrected chi connectivity index (χ1v) is 10.0. The maximum Gasteiger partial charge on any atom is 0.417 e. The number of ether oxygens (including phenoxy) is 1. The highest BCUT2D eigenvalue weighted by molar-refractivity contribution is 6.31. The molecule has 0 radical (unpaired) electrons. The summed E-state index contributed by atoms with van der Waals surface area (Å²) >= 11 is 5.60. The van der Waals surface area contributed by atoms with E-state index in [-0.39, 0.29) is 11.3 Å². The predicted molar refractivity (Wildman–Crippen MR) is 116 cm³/mol. The molecule has 1 saturated heterocycles. The molecule has 1 fully saturated rings. The van der Waals surface area contributed by atoms with Crippen LogP contribution in [0, 0.1) is 11.3 Å². The third-order valence-electron chi connectivity index (χ3n) is 4.95. The molecule has 1 aliphatic heterocycles. The molecule has 1 N–H and O–H groups in total. The Kier molecular flexibility index (Phi) is 7.15. The zero-order chi connectivity index (χ0) is 23.3. The van der Waals surface area contributed by atoms with Crippen molar-refractivity contribution < 1.29 is 22.7 Å². The Morgan fingerprint density at radius 3 is 2.50 bits per heavy atom. The molecule has 1 amide bonds. The second-order valence-electron chi connectivity index (χ2n) is 7.00. The van der Waals surface area contributed by atoms with Crippen LogP contribution in [0.25, 0.3) is 0 Å². The highest BCUT2D eigenvalue weighted by atomic mass is 35.5. The van der Waals surface area contributed by atoms with Crippen LogP contribution in [-0.4, -0.2) is 44.1 Å². The molecular formula is C22H20ClF3N4O2. The van der Waals surface area contributed by atoms with Crippen LogP contribution in [0.4, 0.5) is 24.5 Å². The first-order valence-electron chi connectivity index (χ1n) is 9.65. The molecule has 6 nitrogen and oxygen atoms in total. The Morgan fingerprint density at radius 1 is 1.19 bits per heavy atom. The van der Waals surface area contributed by atoms with Crippen LogP contribution in [0.15, 0.2) is 54.2 Å². The number of halogens is 4. The fourth-order valence-corrected chi connectivity index (χ4v) is 3.55. The minimum Gasteiger partial charge on any atom is -0.495 e. The van der Waals surface area contributed by atoms with E-state index in [2.05, 4.69) is 10.2 Å². The summed E-state index contributed by atoms with van der Waals surface area (Å²) in [5, 5.41) is 11.3. The van der Waals surface area contributed by atoms with Gasteiger partial charge < -0.3 is 19.9 Å². The quantitative estimate of drug-likeness (QED) is 0.520. The summed E-state index contributed by atoms with van der Waals surface area (Å²) in [5.41, 5.74) is -0.417. The van der Waals surface area contributed by atoms with E-state index in [0.717, 1.165) is 23.6 Å². The molecule has 3 rings (SSSR count). The van der Waals surface area contributed by atoms with Gasteiger partial charge in [-0.2, -0.15) is 18.4 Å². The van der Waals surface area contributed by atoms with E-state index in [1.165, 1.54) is 12.3 Å². The Bertz CT molecular complexity index is 1060. The maximum absolute atomic E-state index is 13.0. The second-order valence-corrected chi connectivity index (χ2v) is 7.40. The topological polar surface area (TPSA) is 68.6 Å². The summed E-state index contributed by atoms with van der Waals surface area (Å²) in [6.07, 6.45) is -3.23. The van der Waals surface area contributed by atoms with Crippen LogP contribution >= 0.6 is 11.6 Å². The van der Waals surface area contributed by atoms with Crippen LogP contribution in [0.1, 0.15) is 5.56 Å². The van der Waals surface area contributed by atoms with E-state index in [0.29, 0.717) is 26.2 Å². The number of hydrogen-bond donors (Lipinski definition) is 1. The van der Waals surface area contributed by atoms with Crippen molar-refractivity contribution in [2.75, 3.05) is 43.5 Å². The van der Waals surface area contributed by atoms with Gasteiger partial charge in [-0.05, 0) is 30.3 Å². The van der Waals surface area contributed by atoms with Crippen molar-refractivity contribution in [1.82, 2.24) is 4.90 Å². The monoisotopic (exact) mass is 464 g/mol. The number of piperazine rings is 1. The zero-order valence-electron chi connectivity index (χ0n) is 17.1. The lowest BCUT2D eigenvalue weighted by Gasteiger charge is -2.36. The number of methoxy groups -OCH3 is 1. The number of rotatable bonds is 5. The third kappa shape index (κ3) is 5.45. The normalized spacial score (nSPS) is 14.7. The number of alkyl halides is 3. The van der Waals surface area contributed by atoms with E-state index in [1.54, 1.807) is 7.11 Å². The van der Waals surface area contributed by atoms with Gasteiger partial charge in [-0.1, -0.05) is 23.7 Å². The van der Waals surface area contributed by atoms with Gasteiger partial charge in [0.25, 0.3) is 5.91 Å². The van der Waals surface area contributed by atoms with E-state index in [9.17, 15) is 23.2 Å². The number of nitrogens with zero attached hydrogens (tertiary/aromatic N) is 3. The average Bonchev–Trinajstić information content (AvgIpc) is 2.78. The highest BCUT2D eigenvalue weighted by Crippen LogP contribution is 2.36. The smallest absolute Gasteiger partial charge is 0.417 e. The molecule has 1 aliphatic rings. The molecule has 2 aromatic carbocycles. The van der Waals surface area contributed by atoms with E-state index in [4.69, 9.17) is 16.3 Å². The summed E-state index contributed by atoms with van der Waals surface area (Å²) in [7, 11) is 1.61. The van der Waals surface area contributed by atoms with Gasteiger partial charge in [-0.15, -0.1) is 0 Å². The van der Waals surface area contributed by atoms with Crippen molar-refractivity contribution in [3.05, 3.63) is 64.8 Å². The highest BCUT2D eigenvalue weighted by Gasteiger charge is 2.33. The lowest BCUT2D eigenvalue weighted by Crippen LogP contribution is -2.44. The van der Waals surface area contributed by atoms with Crippen molar-refractivity contribution in [2.45, 2.75) is 6.18 Å². The van der Waals surface area contributed by atoms with Crippen LogP contribution in [0.2, 0.25) is 5.02 Å². The van der Waals surface area contributed by atoms with Crippen molar-refractivity contribution in [3.63, 3.8) is 0 Å². The number of nitrogens with one attached hydrogen (secondary N) is 1. The van der Waals surface area contributed by atoms with Crippen LogP contribution in [-0.2, 0) is 11.0 Å². The van der Waals surface area contributed by atoms with Gasteiger partial charge in [0, 0.05) is 38.1 Å². The summed E-state index contributed by atoms with van der Waals surface area (Å²) in [6, 6.07) is 12.5. The fourth-order valence-electron chi connectivity index (χ4n) is 3.32.